The van der Waals surface area contributed by atoms with E-state index >= 15 is 0 Å². The second kappa shape index (κ2) is 12.8. The Balaban J connectivity index is 2.48. The van der Waals surface area contributed by atoms with Gasteiger partial charge in [-0.15, -0.1) is 0 Å². The third kappa shape index (κ3) is 8.00. The Bertz CT molecular complexity index is 1150. The quantitative estimate of drug-likeness (QED) is 0.385. The summed E-state index contributed by atoms with van der Waals surface area (Å²) in [5.41, 5.74) is 0.822. The number of sulfonamides is 1. The molecule has 0 heterocycles. The van der Waals surface area contributed by atoms with E-state index in [1.54, 1.807) is 6.92 Å². The summed E-state index contributed by atoms with van der Waals surface area (Å²) < 4.78 is 26.3. The molecule has 7 nitrogen and oxygen atoms in total. The van der Waals surface area contributed by atoms with Gasteiger partial charge >= 0.3 is 0 Å². The Morgan fingerprint density at radius 3 is 2.11 bits per heavy atom. The van der Waals surface area contributed by atoms with Gasteiger partial charge < -0.3 is 10.2 Å². The van der Waals surface area contributed by atoms with E-state index in [1.807, 2.05) is 44.2 Å². The van der Waals surface area contributed by atoms with Crippen molar-refractivity contribution in [3.63, 3.8) is 0 Å². The van der Waals surface area contributed by atoms with E-state index in [-0.39, 0.29) is 39.2 Å². The van der Waals surface area contributed by atoms with Crippen LogP contribution in [0.1, 0.15) is 39.2 Å². The molecule has 2 aromatic carbocycles. The maximum absolute atomic E-state index is 13.6. The van der Waals surface area contributed by atoms with Crippen LogP contribution in [0, 0.1) is 0 Å². The summed E-state index contributed by atoms with van der Waals surface area (Å²) in [6.07, 6.45) is 2.04. The largest absolute Gasteiger partial charge is 0.352 e. The first kappa shape index (κ1) is 29.2. The van der Waals surface area contributed by atoms with Gasteiger partial charge in [-0.25, -0.2) is 8.42 Å². The van der Waals surface area contributed by atoms with Crippen molar-refractivity contribution in [3.05, 3.63) is 63.1 Å². The number of nitrogens with zero attached hydrogens (tertiary/aromatic N) is 2. The highest BCUT2D eigenvalue weighted by atomic mass is 35.5. The van der Waals surface area contributed by atoms with Crippen molar-refractivity contribution in [2.75, 3.05) is 17.1 Å². The maximum atomic E-state index is 13.6. The summed E-state index contributed by atoms with van der Waals surface area (Å²) in [4.78, 5) is 28.1. The fraction of sp³-hybridized carbons (Fsp3) is 0.417. The van der Waals surface area contributed by atoms with E-state index < -0.39 is 28.5 Å². The SMILES string of the molecule is CC[C@@H](C)NC(=O)[C@@H](CC)N(Cc1ccccc1)C(=O)CN(c1cc(Cl)c(Cl)cc1Cl)S(C)(=O)=O. The lowest BCUT2D eigenvalue weighted by Gasteiger charge is -2.33. The van der Waals surface area contributed by atoms with E-state index in [0.717, 1.165) is 22.5 Å². The molecule has 2 aromatic rings. The van der Waals surface area contributed by atoms with Gasteiger partial charge in [0.15, 0.2) is 0 Å². The summed E-state index contributed by atoms with van der Waals surface area (Å²) >= 11 is 18.4. The van der Waals surface area contributed by atoms with Crippen LogP contribution in [0.2, 0.25) is 15.1 Å². The lowest BCUT2D eigenvalue weighted by atomic mass is 10.1. The van der Waals surface area contributed by atoms with Crippen LogP contribution in [-0.4, -0.2) is 50.0 Å². The van der Waals surface area contributed by atoms with Crippen molar-refractivity contribution >= 4 is 62.3 Å². The Labute approximate surface area is 222 Å². The molecule has 2 rings (SSSR count). The lowest BCUT2D eigenvalue weighted by Crippen LogP contribution is -2.53. The molecule has 0 aliphatic carbocycles. The number of halogens is 3. The monoisotopic (exact) mass is 561 g/mol. The van der Waals surface area contributed by atoms with E-state index in [2.05, 4.69) is 5.32 Å². The topological polar surface area (TPSA) is 86.8 Å². The van der Waals surface area contributed by atoms with Crippen LogP contribution in [0.5, 0.6) is 0 Å². The predicted octanol–water partition coefficient (Wildman–Crippen LogP) is 5.13. The summed E-state index contributed by atoms with van der Waals surface area (Å²) in [5.74, 6) is -0.864. The zero-order valence-corrected chi connectivity index (χ0v) is 23.2. The first-order valence-corrected chi connectivity index (χ1v) is 14.1. The van der Waals surface area contributed by atoms with Gasteiger partial charge in [0.25, 0.3) is 0 Å². The molecule has 1 N–H and O–H groups in total. The molecular formula is C24H30Cl3N3O4S. The van der Waals surface area contributed by atoms with E-state index in [0.29, 0.717) is 6.42 Å². The van der Waals surface area contributed by atoms with Crippen molar-refractivity contribution in [2.45, 2.75) is 52.2 Å². The Kier molecular flexibility index (Phi) is 10.7. The maximum Gasteiger partial charge on any atom is 0.244 e. The first-order chi connectivity index (χ1) is 16.4. The zero-order chi connectivity index (χ0) is 26.3. The van der Waals surface area contributed by atoms with Gasteiger partial charge in [0, 0.05) is 12.6 Å². The average Bonchev–Trinajstić information content (AvgIpc) is 2.79. The third-order valence-corrected chi connectivity index (χ3v) is 7.67. The van der Waals surface area contributed by atoms with Crippen molar-refractivity contribution in [1.29, 1.82) is 0 Å². The molecule has 0 aliphatic rings. The van der Waals surface area contributed by atoms with Crippen LogP contribution in [0.15, 0.2) is 42.5 Å². The van der Waals surface area contributed by atoms with Crippen molar-refractivity contribution in [3.8, 4) is 0 Å². The number of hydrogen-bond acceptors (Lipinski definition) is 4. The smallest absolute Gasteiger partial charge is 0.244 e. The number of benzene rings is 2. The standard InChI is InChI=1S/C24H30Cl3N3O4S/c1-5-16(3)28-24(32)21(6-2)29(14-17-10-8-7-9-11-17)23(31)15-30(35(4,33)34)22-13-19(26)18(25)12-20(22)27/h7-13,16,21H,5-6,14-15H2,1-4H3,(H,28,32)/t16-,21-/m1/s1. The van der Waals surface area contributed by atoms with Gasteiger partial charge in [0.1, 0.15) is 12.6 Å². The predicted molar refractivity (Wildman–Crippen MR) is 143 cm³/mol. The Morgan fingerprint density at radius 1 is 0.971 bits per heavy atom. The minimum atomic E-state index is -3.95. The van der Waals surface area contributed by atoms with Crippen molar-refractivity contribution in [1.82, 2.24) is 10.2 Å². The molecule has 35 heavy (non-hydrogen) atoms. The summed E-state index contributed by atoms with van der Waals surface area (Å²) in [7, 11) is -3.95. The molecule has 0 aromatic heterocycles. The van der Waals surface area contributed by atoms with Crippen LogP contribution in [-0.2, 0) is 26.2 Å². The van der Waals surface area contributed by atoms with Gasteiger partial charge in [-0.3, -0.25) is 13.9 Å². The molecule has 11 heteroatoms. The lowest BCUT2D eigenvalue weighted by molar-refractivity contribution is -0.140. The first-order valence-electron chi connectivity index (χ1n) is 11.1. The fourth-order valence-electron chi connectivity index (χ4n) is 3.44. The number of rotatable bonds is 11. The molecule has 2 atom stereocenters. The zero-order valence-electron chi connectivity index (χ0n) is 20.1. The van der Waals surface area contributed by atoms with Gasteiger partial charge in [0.05, 0.1) is 27.0 Å². The van der Waals surface area contributed by atoms with Gasteiger partial charge in [-0.1, -0.05) is 79.0 Å². The number of anilines is 1. The molecule has 0 aliphatic heterocycles. The highest BCUT2D eigenvalue weighted by molar-refractivity contribution is 7.92. The minimum absolute atomic E-state index is 0.0219. The van der Waals surface area contributed by atoms with Gasteiger partial charge in [-0.05, 0) is 37.5 Å². The Morgan fingerprint density at radius 2 is 1.57 bits per heavy atom. The number of carbonyl (C=O) groups excluding carboxylic acids is 2. The third-order valence-electron chi connectivity index (χ3n) is 5.52. The van der Waals surface area contributed by atoms with Crippen LogP contribution in [0.4, 0.5) is 5.69 Å². The molecule has 0 fully saturated rings. The molecule has 192 valence electrons. The normalized spacial score (nSPS) is 13.1. The highest BCUT2D eigenvalue weighted by Crippen LogP contribution is 2.35. The second-order valence-electron chi connectivity index (χ2n) is 8.24. The summed E-state index contributed by atoms with van der Waals surface area (Å²) in [6, 6.07) is 10.9. The summed E-state index contributed by atoms with van der Waals surface area (Å²) in [5, 5.41) is 3.19. The molecular weight excluding hydrogens is 533 g/mol. The van der Waals surface area contributed by atoms with Gasteiger partial charge in [-0.2, -0.15) is 0 Å². The molecule has 0 radical (unpaired) electrons. The van der Waals surface area contributed by atoms with E-state index in [9.17, 15) is 18.0 Å². The van der Waals surface area contributed by atoms with Crippen LogP contribution in [0.3, 0.4) is 0 Å². The van der Waals surface area contributed by atoms with Crippen molar-refractivity contribution < 1.29 is 18.0 Å². The number of nitrogens with one attached hydrogen (secondary N) is 1. The highest BCUT2D eigenvalue weighted by Gasteiger charge is 2.32. The van der Waals surface area contributed by atoms with Gasteiger partial charge in [0.2, 0.25) is 21.8 Å². The average molecular weight is 563 g/mol. The molecule has 0 bridgehead atoms. The Hall–Kier alpha value is -2.00. The number of hydrogen-bond donors (Lipinski definition) is 1. The minimum Gasteiger partial charge on any atom is -0.352 e. The van der Waals surface area contributed by atoms with Crippen LogP contribution >= 0.6 is 34.8 Å². The fourth-order valence-corrected chi connectivity index (χ4v) is 4.99. The van der Waals surface area contributed by atoms with E-state index in [1.165, 1.54) is 17.0 Å². The van der Waals surface area contributed by atoms with Crippen LogP contribution in [0.25, 0.3) is 0 Å². The van der Waals surface area contributed by atoms with E-state index in [4.69, 9.17) is 34.8 Å². The number of carbonyl (C=O) groups is 2. The second-order valence-corrected chi connectivity index (χ2v) is 11.4. The molecule has 2 amide bonds. The van der Waals surface area contributed by atoms with Crippen molar-refractivity contribution in [2.24, 2.45) is 0 Å². The number of amides is 2. The molecule has 0 saturated heterocycles. The molecule has 0 unspecified atom stereocenters. The summed E-state index contributed by atoms with van der Waals surface area (Å²) in [6.45, 7) is 5.18. The molecule has 0 saturated carbocycles. The molecule has 0 spiro atoms. The van der Waals surface area contributed by atoms with Crippen LogP contribution < -0.4 is 9.62 Å².